The Hall–Kier alpha value is -4.08. The highest BCUT2D eigenvalue weighted by Crippen LogP contribution is 2.15. The summed E-state index contributed by atoms with van der Waals surface area (Å²) in [6.07, 6.45) is 6.75. The van der Waals surface area contributed by atoms with Crippen LogP contribution in [0.25, 0.3) is 11.5 Å². The maximum atomic E-state index is 12.5. The van der Waals surface area contributed by atoms with E-state index in [9.17, 15) is 4.79 Å². The molecule has 0 fully saturated rings. The van der Waals surface area contributed by atoms with Gasteiger partial charge in [-0.15, -0.1) is 10.2 Å². The highest BCUT2D eigenvalue weighted by atomic mass is 16.1. The standard InChI is InChI=1S/C20H21N9O/c1-28-12-14(10-25-28)9-23-20(30)15-4-3-5-16(8-15)22-11-18-26-27-19(29(18)2)17-6-7-21-13-24-17/h3-8,10,12-13,22H,9,11H2,1-2H3,(H,23,30). The third kappa shape index (κ3) is 4.32. The van der Waals surface area contributed by atoms with Crippen molar-refractivity contribution in [3.8, 4) is 11.5 Å². The average molecular weight is 403 g/mol. The summed E-state index contributed by atoms with van der Waals surface area (Å²) in [6, 6.07) is 9.11. The number of hydrogen-bond acceptors (Lipinski definition) is 7. The van der Waals surface area contributed by atoms with E-state index in [0.717, 1.165) is 17.1 Å². The van der Waals surface area contributed by atoms with Crippen LogP contribution in [0.2, 0.25) is 0 Å². The summed E-state index contributed by atoms with van der Waals surface area (Å²) < 4.78 is 3.58. The first-order valence-electron chi connectivity index (χ1n) is 9.34. The summed E-state index contributed by atoms with van der Waals surface area (Å²) >= 11 is 0. The zero-order valence-corrected chi connectivity index (χ0v) is 16.6. The molecule has 0 spiro atoms. The number of hydrogen-bond donors (Lipinski definition) is 2. The SMILES string of the molecule is Cn1cc(CNC(=O)c2cccc(NCc3nnc(-c4ccncn4)n3C)c2)cn1. The summed E-state index contributed by atoms with van der Waals surface area (Å²) in [5, 5.41) is 18.7. The number of carbonyl (C=O) groups excluding carboxylic acids is 1. The zero-order valence-electron chi connectivity index (χ0n) is 16.6. The number of amides is 1. The van der Waals surface area contributed by atoms with Gasteiger partial charge < -0.3 is 15.2 Å². The van der Waals surface area contributed by atoms with E-state index in [4.69, 9.17) is 0 Å². The van der Waals surface area contributed by atoms with Crippen LogP contribution in [0.5, 0.6) is 0 Å². The number of aryl methyl sites for hydroxylation is 1. The van der Waals surface area contributed by atoms with Gasteiger partial charge in [-0.2, -0.15) is 5.10 Å². The van der Waals surface area contributed by atoms with E-state index in [1.807, 2.05) is 37.0 Å². The first-order valence-corrected chi connectivity index (χ1v) is 9.34. The van der Waals surface area contributed by atoms with Gasteiger partial charge in [0.1, 0.15) is 12.0 Å². The monoisotopic (exact) mass is 403 g/mol. The lowest BCUT2D eigenvalue weighted by molar-refractivity contribution is 0.0951. The Morgan fingerprint density at radius 3 is 2.80 bits per heavy atom. The van der Waals surface area contributed by atoms with E-state index in [1.165, 1.54) is 6.33 Å². The first-order chi connectivity index (χ1) is 14.6. The molecule has 30 heavy (non-hydrogen) atoms. The van der Waals surface area contributed by atoms with Gasteiger partial charge >= 0.3 is 0 Å². The number of anilines is 1. The summed E-state index contributed by atoms with van der Waals surface area (Å²) in [7, 11) is 3.73. The fraction of sp³-hybridized carbons (Fsp3) is 0.200. The Labute approximate surface area is 173 Å². The number of rotatable bonds is 7. The Kier molecular flexibility index (Phi) is 5.46. The second-order valence-corrected chi connectivity index (χ2v) is 6.73. The van der Waals surface area contributed by atoms with Gasteiger partial charge in [0, 0.05) is 49.8 Å². The van der Waals surface area contributed by atoms with Crippen molar-refractivity contribution in [3.05, 3.63) is 72.2 Å². The van der Waals surface area contributed by atoms with Crippen molar-refractivity contribution in [2.24, 2.45) is 14.1 Å². The molecule has 2 N–H and O–H groups in total. The van der Waals surface area contributed by atoms with Crippen molar-refractivity contribution < 1.29 is 4.79 Å². The molecule has 0 radical (unpaired) electrons. The lowest BCUT2D eigenvalue weighted by Crippen LogP contribution is -2.22. The summed E-state index contributed by atoms with van der Waals surface area (Å²) in [4.78, 5) is 20.6. The van der Waals surface area contributed by atoms with Gasteiger partial charge in [-0.25, -0.2) is 9.97 Å². The highest BCUT2D eigenvalue weighted by Gasteiger charge is 2.12. The predicted molar refractivity (Wildman–Crippen MR) is 110 cm³/mol. The van der Waals surface area contributed by atoms with E-state index in [-0.39, 0.29) is 5.91 Å². The Morgan fingerprint density at radius 2 is 2.03 bits per heavy atom. The number of nitrogens with one attached hydrogen (secondary N) is 2. The molecular formula is C20H21N9O. The van der Waals surface area contributed by atoms with Crippen LogP contribution in [-0.4, -0.2) is 40.4 Å². The lowest BCUT2D eigenvalue weighted by Gasteiger charge is -2.09. The second kappa shape index (κ2) is 8.52. The number of benzene rings is 1. The largest absolute Gasteiger partial charge is 0.378 e. The van der Waals surface area contributed by atoms with Gasteiger partial charge in [0.2, 0.25) is 0 Å². The first kappa shape index (κ1) is 19.2. The van der Waals surface area contributed by atoms with Crippen LogP contribution in [-0.2, 0) is 27.2 Å². The van der Waals surface area contributed by atoms with Crippen molar-refractivity contribution in [2.45, 2.75) is 13.1 Å². The molecule has 10 nitrogen and oxygen atoms in total. The molecule has 0 aliphatic rings. The van der Waals surface area contributed by atoms with Crippen molar-refractivity contribution >= 4 is 11.6 Å². The fourth-order valence-electron chi connectivity index (χ4n) is 2.96. The highest BCUT2D eigenvalue weighted by molar-refractivity contribution is 5.95. The summed E-state index contributed by atoms with van der Waals surface area (Å²) in [6.45, 7) is 0.879. The van der Waals surface area contributed by atoms with Gasteiger partial charge in [0.05, 0.1) is 12.7 Å². The fourth-order valence-corrected chi connectivity index (χ4v) is 2.96. The summed E-state index contributed by atoms with van der Waals surface area (Å²) in [5.74, 6) is 1.26. The maximum absolute atomic E-state index is 12.5. The maximum Gasteiger partial charge on any atom is 0.251 e. The van der Waals surface area contributed by atoms with Gasteiger partial charge in [0.15, 0.2) is 11.6 Å². The third-order valence-corrected chi connectivity index (χ3v) is 4.56. The lowest BCUT2D eigenvalue weighted by atomic mass is 10.2. The predicted octanol–water partition coefficient (Wildman–Crippen LogP) is 1.55. The van der Waals surface area contributed by atoms with Gasteiger partial charge in [-0.05, 0) is 24.3 Å². The minimum absolute atomic E-state index is 0.146. The molecule has 4 rings (SSSR count). The molecule has 3 aromatic heterocycles. The molecule has 4 aromatic rings. The molecule has 0 saturated carbocycles. The summed E-state index contributed by atoms with van der Waals surface area (Å²) in [5.41, 5.74) is 3.04. The van der Waals surface area contributed by atoms with E-state index in [2.05, 4.69) is 35.9 Å². The molecule has 0 saturated heterocycles. The quantitative estimate of drug-likeness (QED) is 0.481. The number of carbonyl (C=O) groups is 1. The Balaban J connectivity index is 1.39. The van der Waals surface area contributed by atoms with Crippen LogP contribution >= 0.6 is 0 Å². The van der Waals surface area contributed by atoms with E-state index >= 15 is 0 Å². The Bertz CT molecular complexity index is 1150. The minimum Gasteiger partial charge on any atom is -0.378 e. The van der Waals surface area contributed by atoms with Crippen LogP contribution in [0.1, 0.15) is 21.7 Å². The second-order valence-electron chi connectivity index (χ2n) is 6.73. The molecule has 0 atom stereocenters. The molecule has 0 aliphatic carbocycles. The number of aromatic nitrogens is 7. The van der Waals surface area contributed by atoms with Gasteiger partial charge in [0.25, 0.3) is 5.91 Å². The van der Waals surface area contributed by atoms with Crippen molar-refractivity contribution in [1.82, 2.24) is 39.8 Å². The Morgan fingerprint density at radius 1 is 1.13 bits per heavy atom. The van der Waals surface area contributed by atoms with Crippen molar-refractivity contribution in [2.75, 3.05) is 5.32 Å². The molecule has 152 valence electrons. The molecule has 3 heterocycles. The molecule has 1 amide bonds. The molecule has 0 unspecified atom stereocenters. The van der Waals surface area contributed by atoms with E-state index < -0.39 is 0 Å². The van der Waals surface area contributed by atoms with Crippen LogP contribution in [0, 0.1) is 0 Å². The van der Waals surface area contributed by atoms with Crippen LogP contribution in [0.3, 0.4) is 0 Å². The smallest absolute Gasteiger partial charge is 0.251 e. The normalized spacial score (nSPS) is 10.7. The molecule has 10 heteroatoms. The van der Waals surface area contributed by atoms with E-state index in [1.54, 1.807) is 35.3 Å². The molecular weight excluding hydrogens is 382 g/mol. The topological polar surface area (TPSA) is 115 Å². The van der Waals surface area contributed by atoms with Crippen LogP contribution in [0.4, 0.5) is 5.69 Å². The number of nitrogens with zero attached hydrogens (tertiary/aromatic N) is 7. The minimum atomic E-state index is -0.146. The molecule has 0 aliphatic heterocycles. The van der Waals surface area contributed by atoms with Crippen LogP contribution < -0.4 is 10.6 Å². The zero-order chi connectivity index (χ0) is 20.9. The average Bonchev–Trinajstić information content (AvgIpc) is 3.36. The van der Waals surface area contributed by atoms with Gasteiger partial charge in [-0.3, -0.25) is 9.48 Å². The van der Waals surface area contributed by atoms with Crippen LogP contribution in [0.15, 0.2) is 55.2 Å². The molecule has 0 bridgehead atoms. The molecule has 1 aromatic carbocycles. The van der Waals surface area contributed by atoms with Crippen molar-refractivity contribution in [3.63, 3.8) is 0 Å². The van der Waals surface area contributed by atoms with Gasteiger partial charge in [-0.1, -0.05) is 6.07 Å². The third-order valence-electron chi connectivity index (χ3n) is 4.56. The van der Waals surface area contributed by atoms with Crippen molar-refractivity contribution in [1.29, 1.82) is 0 Å². The van der Waals surface area contributed by atoms with E-state index in [0.29, 0.717) is 30.2 Å².